The largest absolute Gasteiger partial charge is 0.462 e. The van der Waals surface area contributed by atoms with Crippen molar-refractivity contribution in [1.82, 2.24) is 4.57 Å². The van der Waals surface area contributed by atoms with Crippen molar-refractivity contribution < 1.29 is 19.1 Å². The maximum absolute atomic E-state index is 12.4. The maximum atomic E-state index is 12.4. The van der Waals surface area contributed by atoms with E-state index in [0.29, 0.717) is 34.5 Å². The van der Waals surface area contributed by atoms with Crippen molar-refractivity contribution in [3.63, 3.8) is 0 Å². The van der Waals surface area contributed by atoms with E-state index >= 15 is 0 Å². The van der Waals surface area contributed by atoms with Crippen molar-refractivity contribution in [2.75, 3.05) is 20.3 Å². The number of carbonyl (C=O) groups excluding carboxylic acids is 2. The Balaban J connectivity index is 1.98. The molecule has 2 aromatic heterocycles. The van der Waals surface area contributed by atoms with Crippen molar-refractivity contribution in [1.29, 1.82) is 0 Å². The average molecular weight is 439 g/mol. The highest BCUT2D eigenvalue weighted by Crippen LogP contribution is 2.22. The highest BCUT2D eigenvalue weighted by Gasteiger charge is 2.13. The van der Waals surface area contributed by atoms with E-state index in [9.17, 15) is 9.59 Å². The summed E-state index contributed by atoms with van der Waals surface area (Å²) < 4.78 is 13.7. The van der Waals surface area contributed by atoms with E-state index in [1.54, 1.807) is 32.2 Å². The number of aromatic nitrogens is 1. The molecule has 0 aliphatic rings. The van der Waals surface area contributed by atoms with Gasteiger partial charge < -0.3 is 14.0 Å². The fourth-order valence-corrected chi connectivity index (χ4v) is 4.83. The van der Waals surface area contributed by atoms with Gasteiger partial charge in [-0.2, -0.15) is 4.99 Å². The van der Waals surface area contributed by atoms with Crippen LogP contribution in [0.1, 0.15) is 22.2 Å². The van der Waals surface area contributed by atoms with Crippen LogP contribution in [0, 0.1) is 0 Å². The van der Waals surface area contributed by atoms with Gasteiger partial charge in [-0.1, -0.05) is 22.9 Å². The lowest BCUT2D eigenvalue weighted by Crippen LogP contribution is -2.19. The molecule has 0 N–H and O–H groups in total. The van der Waals surface area contributed by atoms with Gasteiger partial charge in [-0.3, -0.25) is 4.79 Å². The summed E-state index contributed by atoms with van der Waals surface area (Å²) in [6.07, 6.45) is 0.198. The number of nitrogens with zero attached hydrogens (tertiary/aromatic N) is 2. The second-order valence-corrected chi connectivity index (χ2v) is 8.63. The monoisotopic (exact) mass is 438 g/mol. The standard InChI is InChI=1S/C19H19ClN2O4S2/c1-3-26-18(24)12-4-6-14-15(10-12)28-19(22(14)8-9-25-2)21-17(23)11-13-5-7-16(20)27-13/h4-7,10H,3,8-9,11H2,1-2H3. The number of fused-ring (bicyclic) bond motifs is 1. The zero-order chi connectivity index (χ0) is 20.1. The van der Waals surface area contributed by atoms with E-state index in [4.69, 9.17) is 21.1 Å². The summed E-state index contributed by atoms with van der Waals surface area (Å²) in [5, 5.41) is 0. The van der Waals surface area contributed by atoms with E-state index in [-0.39, 0.29) is 18.3 Å². The lowest BCUT2D eigenvalue weighted by molar-refractivity contribution is -0.117. The first-order chi connectivity index (χ1) is 13.5. The fourth-order valence-electron chi connectivity index (χ4n) is 2.64. The second kappa shape index (κ2) is 9.47. The van der Waals surface area contributed by atoms with Crippen molar-refractivity contribution in [2.24, 2.45) is 4.99 Å². The Morgan fingerprint density at radius 1 is 1.21 bits per heavy atom. The number of rotatable bonds is 7. The zero-order valence-corrected chi connectivity index (χ0v) is 17.8. The number of thiophene rings is 1. The van der Waals surface area contributed by atoms with Gasteiger partial charge in [-0.05, 0) is 37.3 Å². The summed E-state index contributed by atoms with van der Waals surface area (Å²) in [6.45, 7) is 3.11. The third-order valence-corrected chi connectivity index (χ3v) is 6.16. The number of thiazole rings is 1. The SMILES string of the molecule is CCOC(=O)c1ccc2c(c1)sc(=NC(=O)Cc1ccc(Cl)s1)n2CCOC. The first-order valence-electron chi connectivity index (χ1n) is 8.63. The molecule has 3 aromatic rings. The summed E-state index contributed by atoms with van der Waals surface area (Å²) in [4.78, 5) is 30.2. The minimum absolute atomic E-state index is 0.198. The van der Waals surface area contributed by atoms with E-state index in [1.807, 2.05) is 16.7 Å². The maximum Gasteiger partial charge on any atom is 0.338 e. The summed E-state index contributed by atoms with van der Waals surface area (Å²) >= 11 is 8.65. The zero-order valence-electron chi connectivity index (χ0n) is 15.4. The quantitative estimate of drug-likeness (QED) is 0.524. The van der Waals surface area contributed by atoms with E-state index < -0.39 is 0 Å². The number of methoxy groups -OCH3 is 1. The van der Waals surface area contributed by atoms with Gasteiger partial charge >= 0.3 is 5.97 Å². The number of hydrogen-bond donors (Lipinski definition) is 0. The van der Waals surface area contributed by atoms with Crippen LogP contribution in [0.3, 0.4) is 0 Å². The van der Waals surface area contributed by atoms with Gasteiger partial charge in [0.1, 0.15) is 0 Å². The van der Waals surface area contributed by atoms with Gasteiger partial charge in [-0.25, -0.2) is 4.79 Å². The average Bonchev–Trinajstić information content (AvgIpc) is 3.22. The van der Waals surface area contributed by atoms with E-state index in [2.05, 4.69) is 4.99 Å². The van der Waals surface area contributed by atoms with Crippen LogP contribution in [-0.2, 0) is 27.2 Å². The van der Waals surface area contributed by atoms with E-state index in [1.165, 1.54) is 22.7 Å². The molecular formula is C19H19ClN2O4S2. The molecule has 9 heteroatoms. The first-order valence-corrected chi connectivity index (χ1v) is 10.6. The molecule has 6 nitrogen and oxygen atoms in total. The van der Waals surface area contributed by atoms with Gasteiger partial charge in [0.2, 0.25) is 0 Å². The van der Waals surface area contributed by atoms with Gasteiger partial charge in [0.05, 0.1) is 39.8 Å². The molecule has 0 atom stereocenters. The molecule has 0 saturated heterocycles. The summed E-state index contributed by atoms with van der Waals surface area (Å²) in [6, 6.07) is 8.93. The van der Waals surface area contributed by atoms with Gasteiger partial charge in [0.25, 0.3) is 5.91 Å². The van der Waals surface area contributed by atoms with E-state index in [0.717, 1.165) is 15.1 Å². The molecule has 0 radical (unpaired) electrons. The lowest BCUT2D eigenvalue weighted by Gasteiger charge is -2.05. The number of benzene rings is 1. The van der Waals surface area contributed by atoms with Crippen LogP contribution >= 0.6 is 34.3 Å². The molecule has 0 aliphatic carbocycles. The third kappa shape index (κ3) is 4.88. The Hall–Kier alpha value is -2.00. The Morgan fingerprint density at radius 3 is 2.71 bits per heavy atom. The van der Waals surface area contributed by atoms with Gasteiger partial charge in [0.15, 0.2) is 4.80 Å². The highest BCUT2D eigenvalue weighted by molar-refractivity contribution is 7.16. The van der Waals surface area contributed by atoms with Gasteiger partial charge in [0, 0.05) is 18.5 Å². The molecule has 148 valence electrons. The number of carbonyl (C=O) groups is 2. The predicted molar refractivity (Wildman–Crippen MR) is 111 cm³/mol. The Kier molecular flexibility index (Phi) is 7.01. The molecule has 0 unspecified atom stereocenters. The number of esters is 1. The second-order valence-electron chi connectivity index (χ2n) is 5.82. The Labute approximate surface area is 175 Å². The van der Waals surface area contributed by atoms with Crippen LogP contribution in [0.15, 0.2) is 35.3 Å². The van der Waals surface area contributed by atoms with Crippen molar-refractivity contribution >= 4 is 56.4 Å². The molecule has 1 aromatic carbocycles. The minimum atomic E-state index is -0.370. The normalized spacial score (nSPS) is 11.9. The molecule has 0 spiro atoms. The predicted octanol–water partition coefficient (Wildman–Crippen LogP) is 3.91. The Morgan fingerprint density at radius 2 is 2.04 bits per heavy atom. The molecule has 0 saturated carbocycles. The van der Waals surface area contributed by atoms with Crippen molar-refractivity contribution in [3.05, 3.63) is 49.9 Å². The molecule has 0 fully saturated rings. The molecular weight excluding hydrogens is 420 g/mol. The number of halogens is 1. The lowest BCUT2D eigenvalue weighted by atomic mass is 10.2. The van der Waals surface area contributed by atoms with Crippen molar-refractivity contribution in [3.8, 4) is 0 Å². The van der Waals surface area contributed by atoms with Crippen LogP contribution < -0.4 is 4.80 Å². The summed E-state index contributed by atoms with van der Waals surface area (Å²) in [5.41, 5.74) is 1.36. The van der Waals surface area contributed by atoms with Crippen LogP contribution in [0.2, 0.25) is 4.34 Å². The Bertz CT molecular complexity index is 1070. The van der Waals surface area contributed by atoms with Gasteiger partial charge in [-0.15, -0.1) is 11.3 Å². The molecule has 28 heavy (non-hydrogen) atoms. The molecule has 1 amide bonds. The summed E-state index contributed by atoms with van der Waals surface area (Å²) in [5.74, 6) is -0.618. The molecule has 2 heterocycles. The highest BCUT2D eigenvalue weighted by atomic mass is 35.5. The van der Waals surface area contributed by atoms with Crippen LogP contribution in [0.4, 0.5) is 0 Å². The molecule has 0 bridgehead atoms. The first kappa shape index (κ1) is 20.7. The molecule has 3 rings (SSSR count). The van der Waals surface area contributed by atoms with Crippen LogP contribution in [-0.4, -0.2) is 36.8 Å². The van der Waals surface area contributed by atoms with Crippen molar-refractivity contribution in [2.45, 2.75) is 19.9 Å². The molecule has 0 aliphatic heterocycles. The van der Waals surface area contributed by atoms with Crippen LogP contribution in [0.5, 0.6) is 0 Å². The minimum Gasteiger partial charge on any atom is -0.462 e. The smallest absolute Gasteiger partial charge is 0.338 e. The van der Waals surface area contributed by atoms with Crippen LogP contribution in [0.25, 0.3) is 10.2 Å². The topological polar surface area (TPSA) is 69.9 Å². The summed E-state index contributed by atoms with van der Waals surface area (Å²) in [7, 11) is 1.62. The number of amides is 1. The number of ether oxygens (including phenoxy) is 2. The third-order valence-electron chi connectivity index (χ3n) is 3.89. The fraction of sp³-hybridized carbons (Fsp3) is 0.316. The number of hydrogen-bond acceptors (Lipinski definition) is 6.